The molecule has 2 rings (SSSR count). The van der Waals surface area contributed by atoms with Gasteiger partial charge in [-0.15, -0.1) is 0 Å². The second-order valence-corrected chi connectivity index (χ2v) is 4.04. The molecule has 1 aliphatic rings. The molecule has 1 amide bonds. The van der Waals surface area contributed by atoms with Crippen molar-refractivity contribution in [1.82, 2.24) is 0 Å². The first kappa shape index (κ1) is 11.1. The molecule has 0 aliphatic carbocycles. The molecule has 0 aromatic heterocycles. The van der Waals surface area contributed by atoms with Crippen LogP contribution in [-0.2, 0) is 11.2 Å². The van der Waals surface area contributed by atoms with Crippen LogP contribution in [0.4, 0.5) is 5.69 Å². The van der Waals surface area contributed by atoms with E-state index in [1.165, 1.54) is 5.56 Å². The van der Waals surface area contributed by atoms with E-state index >= 15 is 0 Å². The zero-order valence-corrected chi connectivity index (χ0v) is 10.1. The molecule has 16 heavy (non-hydrogen) atoms. The zero-order chi connectivity index (χ0) is 11.5. The molecule has 0 fully saturated rings. The van der Waals surface area contributed by atoms with Crippen LogP contribution in [-0.4, -0.2) is 18.2 Å². The van der Waals surface area contributed by atoms with Gasteiger partial charge < -0.3 is 4.90 Å². The minimum Gasteiger partial charge on any atom is -0.312 e. The van der Waals surface area contributed by atoms with Crippen molar-refractivity contribution in [3.8, 4) is 11.8 Å². The van der Waals surface area contributed by atoms with Gasteiger partial charge in [-0.05, 0) is 30.2 Å². The summed E-state index contributed by atoms with van der Waals surface area (Å²) in [5.41, 5.74) is 3.24. The first-order chi connectivity index (χ1) is 7.72. The van der Waals surface area contributed by atoms with Gasteiger partial charge in [0.1, 0.15) is 0 Å². The summed E-state index contributed by atoms with van der Waals surface area (Å²) in [4.78, 5) is 13.2. The summed E-state index contributed by atoms with van der Waals surface area (Å²) >= 11 is 4.05. The van der Waals surface area contributed by atoms with Crippen molar-refractivity contribution < 1.29 is 4.79 Å². The number of carbonyl (C=O) groups excluding carboxylic acids is 1. The van der Waals surface area contributed by atoms with Gasteiger partial charge in [0.15, 0.2) is 0 Å². The van der Waals surface area contributed by atoms with E-state index in [1.54, 1.807) is 6.92 Å². The molecule has 0 atom stereocenters. The van der Waals surface area contributed by atoms with Gasteiger partial charge in [0.25, 0.3) is 0 Å². The van der Waals surface area contributed by atoms with Crippen LogP contribution in [0, 0.1) is 11.8 Å². The van der Waals surface area contributed by atoms with Crippen LogP contribution in [0.3, 0.4) is 0 Å². The van der Waals surface area contributed by atoms with E-state index in [0.29, 0.717) is 5.75 Å². The number of hydrogen-bond donors (Lipinski definition) is 1. The first-order valence-corrected chi connectivity index (χ1v) is 5.86. The number of thiol groups is 1. The zero-order valence-electron chi connectivity index (χ0n) is 9.16. The fourth-order valence-corrected chi connectivity index (χ4v) is 2.03. The normalized spacial score (nSPS) is 13.0. The third kappa shape index (κ3) is 2.07. The molecule has 1 aromatic carbocycles. The average Bonchev–Trinajstić information content (AvgIpc) is 2.69. The van der Waals surface area contributed by atoms with Crippen LogP contribution in [0.1, 0.15) is 18.1 Å². The predicted molar refractivity (Wildman–Crippen MR) is 68.9 cm³/mol. The standard InChI is InChI=1S/C13H13NOS/c1-10(15)14-7-6-12-9-11(3-2-8-16)4-5-13(12)14/h4-5,9,16H,6-8H2,1H3. The number of carbonyl (C=O) groups is 1. The maximum Gasteiger partial charge on any atom is 0.223 e. The number of amides is 1. The summed E-state index contributed by atoms with van der Waals surface area (Å²) in [5.74, 6) is 6.63. The lowest BCUT2D eigenvalue weighted by molar-refractivity contribution is -0.116. The minimum atomic E-state index is 0.105. The summed E-state index contributed by atoms with van der Waals surface area (Å²) in [7, 11) is 0. The van der Waals surface area contributed by atoms with Gasteiger partial charge >= 0.3 is 0 Å². The predicted octanol–water partition coefficient (Wildman–Crippen LogP) is 1.88. The van der Waals surface area contributed by atoms with Crippen LogP contribution in [0.2, 0.25) is 0 Å². The number of rotatable bonds is 0. The molecule has 0 saturated heterocycles. The molecule has 1 heterocycles. The maximum absolute atomic E-state index is 11.4. The van der Waals surface area contributed by atoms with E-state index in [4.69, 9.17) is 0 Å². The highest BCUT2D eigenvalue weighted by molar-refractivity contribution is 7.80. The summed E-state index contributed by atoms with van der Waals surface area (Å²) < 4.78 is 0. The maximum atomic E-state index is 11.4. The Labute approximate surface area is 101 Å². The van der Waals surface area contributed by atoms with E-state index in [-0.39, 0.29) is 5.91 Å². The van der Waals surface area contributed by atoms with Crippen LogP contribution in [0.5, 0.6) is 0 Å². The van der Waals surface area contributed by atoms with Gasteiger partial charge in [-0.25, -0.2) is 0 Å². The van der Waals surface area contributed by atoms with Gasteiger partial charge in [0.2, 0.25) is 5.91 Å². The number of nitrogens with zero attached hydrogens (tertiary/aromatic N) is 1. The van der Waals surface area contributed by atoms with Crippen LogP contribution < -0.4 is 4.90 Å². The Morgan fingerprint density at radius 1 is 1.56 bits per heavy atom. The Kier molecular flexibility index (Phi) is 3.21. The van der Waals surface area contributed by atoms with Crippen molar-refractivity contribution in [2.75, 3.05) is 17.2 Å². The monoisotopic (exact) mass is 231 g/mol. The highest BCUT2D eigenvalue weighted by Crippen LogP contribution is 2.28. The largest absolute Gasteiger partial charge is 0.312 e. The molecule has 82 valence electrons. The highest BCUT2D eigenvalue weighted by Gasteiger charge is 2.21. The molecule has 1 aliphatic heterocycles. The van der Waals surface area contributed by atoms with E-state index in [9.17, 15) is 4.79 Å². The number of anilines is 1. The van der Waals surface area contributed by atoms with E-state index in [1.807, 2.05) is 17.0 Å². The smallest absolute Gasteiger partial charge is 0.223 e. The third-order valence-electron chi connectivity index (χ3n) is 2.67. The van der Waals surface area contributed by atoms with Crippen molar-refractivity contribution in [2.24, 2.45) is 0 Å². The van der Waals surface area contributed by atoms with E-state index < -0.39 is 0 Å². The molecule has 3 heteroatoms. The van der Waals surface area contributed by atoms with Gasteiger partial charge in [-0.1, -0.05) is 11.8 Å². The summed E-state index contributed by atoms with van der Waals surface area (Å²) in [6, 6.07) is 6.00. The van der Waals surface area contributed by atoms with E-state index in [2.05, 4.69) is 30.5 Å². The summed E-state index contributed by atoms with van der Waals surface area (Å²) in [6.45, 7) is 2.39. The summed E-state index contributed by atoms with van der Waals surface area (Å²) in [5, 5.41) is 0. The Balaban J connectivity index is 2.32. The topological polar surface area (TPSA) is 20.3 Å². The molecule has 0 spiro atoms. The molecule has 0 unspecified atom stereocenters. The molecule has 0 radical (unpaired) electrons. The average molecular weight is 231 g/mol. The van der Waals surface area contributed by atoms with Crippen LogP contribution in [0.15, 0.2) is 18.2 Å². The number of hydrogen-bond acceptors (Lipinski definition) is 2. The van der Waals surface area contributed by atoms with Gasteiger partial charge in [-0.2, -0.15) is 12.6 Å². The summed E-state index contributed by atoms with van der Waals surface area (Å²) in [6.07, 6.45) is 0.922. The highest BCUT2D eigenvalue weighted by atomic mass is 32.1. The number of benzene rings is 1. The molecule has 0 bridgehead atoms. The Hall–Kier alpha value is -1.40. The van der Waals surface area contributed by atoms with Crippen molar-refractivity contribution >= 4 is 24.2 Å². The van der Waals surface area contributed by atoms with Crippen molar-refractivity contribution in [2.45, 2.75) is 13.3 Å². The molecule has 1 aromatic rings. The fourth-order valence-electron chi connectivity index (χ4n) is 1.95. The SMILES string of the molecule is CC(=O)N1CCc2cc(C#CCS)ccc21. The molecular formula is C13H13NOS. The van der Waals surface area contributed by atoms with Crippen LogP contribution >= 0.6 is 12.6 Å². The molecular weight excluding hydrogens is 218 g/mol. The minimum absolute atomic E-state index is 0.105. The lowest BCUT2D eigenvalue weighted by Crippen LogP contribution is -2.25. The molecule has 2 nitrogen and oxygen atoms in total. The van der Waals surface area contributed by atoms with Crippen molar-refractivity contribution in [3.05, 3.63) is 29.3 Å². The second kappa shape index (κ2) is 4.63. The Morgan fingerprint density at radius 2 is 2.38 bits per heavy atom. The Morgan fingerprint density at radius 3 is 3.06 bits per heavy atom. The molecule has 0 N–H and O–H groups in total. The van der Waals surface area contributed by atoms with Crippen molar-refractivity contribution in [3.63, 3.8) is 0 Å². The van der Waals surface area contributed by atoms with Crippen molar-refractivity contribution in [1.29, 1.82) is 0 Å². The van der Waals surface area contributed by atoms with E-state index in [0.717, 1.165) is 24.2 Å². The number of fused-ring (bicyclic) bond motifs is 1. The Bertz CT molecular complexity index is 484. The lowest BCUT2D eigenvalue weighted by atomic mass is 10.1. The first-order valence-electron chi connectivity index (χ1n) is 5.23. The molecule has 0 saturated carbocycles. The van der Waals surface area contributed by atoms with Gasteiger partial charge in [-0.3, -0.25) is 4.79 Å². The second-order valence-electron chi connectivity index (χ2n) is 3.72. The quantitative estimate of drug-likeness (QED) is 0.534. The van der Waals surface area contributed by atoms with Gasteiger partial charge in [0, 0.05) is 24.7 Å². The lowest BCUT2D eigenvalue weighted by Gasteiger charge is -2.14. The van der Waals surface area contributed by atoms with Gasteiger partial charge in [0.05, 0.1) is 5.75 Å². The third-order valence-corrected chi connectivity index (χ3v) is 2.83. The fraction of sp³-hybridized carbons (Fsp3) is 0.308. The van der Waals surface area contributed by atoms with Crippen LogP contribution in [0.25, 0.3) is 0 Å².